The van der Waals surface area contributed by atoms with Gasteiger partial charge in [0.15, 0.2) is 0 Å². The molecule has 7 heteroatoms. The summed E-state index contributed by atoms with van der Waals surface area (Å²) >= 11 is 1.66. The predicted octanol–water partition coefficient (Wildman–Crippen LogP) is 2.08. The number of anilines is 1. The maximum Gasteiger partial charge on any atom is 0.351 e. The molecule has 2 heterocycles. The van der Waals surface area contributed by atoms with Crippen LogP contribution in [0.4, 0.5) is 5.82 Å². The number of thioether (sulfide) groups is 1. The number of ether oxygens (including phenoxy) is 2. The predicted molar refractivity (Wildman–Crippen MR) is 84.8 cm³/mol. The molecule has 2 atom stereocenters. The normalized spacial score (nSPS) is 21.6. The lowest BCUT2D eigenvalue weighted by atomic mass is 10.3. The van der Waals surface area contributed by atoms with Crippen LogP contribution in [0.15, 0.2) is 17.1 Å². The van der Waals surface area contributed by atoms with Gasteiger partial charge in [-0.15, -0.1) is 11.8 Å². The summed E-state index contributed by atoms with van der Waals surface area (Å²) in [5, 5.41) is 3.15. The molecule has 1 aromatic heterocycles. The molecule has 0 bridgehead atoms. The van der Waals surface area contributed by atoms with E-state index < -0.39 is 0 Å². The molecule has 0 aliphatic carbocycles. The summed E-state index contributed by atoms with van der Waals surface area (Å²) in [6, 6.07) is 1.82. The molecule has 0 spiro atoms. The van der Waals surface area contributed by atoms with Crippen molar-refractivity contribution < 1.29 is 9.47 Å². The van der Waals surface area contributed by atoms with Gasteiger partial charge in [0.2, 0.25) is 0 Å². The van der Waals surface area contributed by atoms with Crippen LogP contribution in [0.5, 0.6) is 0 Å². The fourth-order valence-corrected chi connectivity index (χ4v) is 3.03. The first-order chi connectivity index (χ1) is 10.2. The Morgan fingerprint density at radius 1 is 1.57 bits per heavy atom. The van der Waals surface area contributed by atoms with Crippen molar-refractivity contribution in [2.24, 2.45) is 0 Å². The van der Waals surface area contributed by atoms with Gasteiger partial charge in [0, 0.05) is 25.1 Å². The van der Waals surface area contributed by atoms with Crippen molar-refractivity contribution in [3.05, 3.63) is 22.7 Å². The summed E-state index contributed by atoms with van der Waals surface area (Å²) < 4.78 is 12.7. The van der Waals surface area contributed by atoms with Gasteiger partial charge in [-0.3, -0.25) is 4.57 Å². The van der Waals surface area contributed by atoms with Crippen LogP contribution in [0.3, 0.4) is 0 Å². The van der Waals surface area contributed by atoms with Gasteiger partial charge in [-0.2, -0.15) is 4.98 Å². The molecular weight excluding hydrogens is 290 g/mol. The van der Waals surface area contributed by atoms with Crippen molar-refractivity contribution in [1.82, 2.24) is 9.55 Å². The molecule has 1 N–H and O–H groups in total. The molecule has 0 amide bonds. The second-order valence-electron chi connectivity index (χ2n) is 4.80. The van der Waals surface area contributed by atoms with E-state index in [0.29, 0.717) is 19.0 Å². The smallest absolute Gasteiger partial charge is 0.351 e. The van der Waals surface area contributed by atoms with Crippen molar-refractivity contribution in [3.63, 3.8) is 0 Å². The van der Waals surface area contributed by atoms with Gasteiger partial charge in [-0.05, 0) is 19.4 Å². The van der Waals surface area contributed by atoms with E-state index in [9.17, 15) is 4.79 Å². The number of hydrogen-bond donors (Lipinski definition) is 1. The highest BCUT2D eigenvalue weighted by Crippen LogP contribution is 2.30. The number of nitrogens with one attached hydrogen (secondary N) is 1. The van der Waals surface area contributed by atoms with Gasteiger partial charge in [0.05, 0.1) is 6.61 Å². The number of aromatic nitrogens is 2. The van der Waals surface area contributed by atoms with E-state index in [0.717, 1.165) is 25.1 Å². The van der Waals surface area contributed by atoms with Crippen molar-refractivity contribution in [1.29, 1.82) is 0 Å². The lowest BCUT2D eigenvalue weighted by Gasteiger charge is -2.15. The van der Waals surface area contributed by atoms with Gasteiger partial charge < -0.3 is 14.8 Å². The maximum absolute atomic E-state index is 12.1. The lowest BCUT2D eigenvalue weighted by Crippen LogP contribution is -2.29. The van der Waals surface area contributed by atoms with E-state index in [2.05, 4.69) is 17.2 Å². The molecule has 6 nitrogen and oxygen atoms in total. The minimum absolute atomic E-state index is 0.00999. The molecule has 118 valence electrons. The Bertz CT molecular complexity index is 495. The fraction of sp³-hybridized carbons (Fsp3) is 0.714. The second-order valence-corrected chi connectivity index (χ2v) is 5.99. The first kappa shape index (κ1) is 16.3. The third-order valence-electron chi connectivity index (χ3n) is 3.17. The SMILES string of the molecule is CCCCNc1ccn([C@H]2CS[C@@H](COCC)O2)c(=O)n1. The van der Waals surface area contributed by atoms with Gasteiger partial charge in [0.1, 0.15) is 17.5 Å². The van der Waals surface area contributed by atoms with E-state index in [1.54, 1.807) is 22.5 Å². The van der Waals surface area contributed by atoms with Crippen LogP contribution >= 0.6 is 11.8 Å². The van der Waals surface area contributed by atoms with Crippen LogP contribution in [-0.2, 0) is 9.47 Å². The zero-order valence-corrected chi connectivity index (χ0v) is 13.4. The van der Waals surface area contributed by atoms with Crippen molar-refractivity contribution in [2.45, 2.75) is 38.4 Å². The summed E-state index contributed by atoms with van der Waals surface area (Å²) in [5.41, 5.74) is -0.289. The quantitative estimate of drug-likeness (QED) is 0.741. The number of rotatable bonds is 8. The first-order valence-corrected chi connectivity index (χ1v) is 8.47. The van der Waals surface area contributed by atoms with Crippen LogP contribution in [-0.4, -0.2) is 40.5 Å². The largest absolute Gasteiger partial charge is 0.378 e. The standard InChI is InChI=1S/C14H23N3O3S/c1-3-5-7-15-11-6-8-17(14(18)16-11)12-10-21-13(20-12)9-19-4-2/h6,8,12-13H,3-5,7,9-10H2,1-2H3,(H,15,16,18)/t12-,13+/m1/s1. The van der Waals surface area contributed by atoms with Gasteiger partial charge in [-0.25, -0.2) is 4.79 Å². The van der Waals surface area contributed by atoms with Gasteiger partial charge >= 0.3 is 5.69 Å². The average molecular weight is 313 g/mol. The lowest BCUT2D eigenvalue weighted by molar-refractivity contribution is -0.0226. The van der Waals surface area contributed by atoms with Crippen molar-refractivity contribution in [2.75, 3.05) is 30.8 Å². The molecular formula is C14H23N3O3S. The maximum atomic E-state index is 12.1. The topological polar surface area (TPSA) is 65.4 Å². The third kappa shape index (κ3) is 4.72. The Labute approximate surface area is 129 Å². The Hall–Kier alpha value is -1.05. The summed E-state index contributed by atoms with van der Waals surface area (Å²) in [5.74, 6) is 1.36. The molecule has 21 heavy (non-hydrogen) atoms. The van der Waals surface area contributed by atoms with E-state index in [1.807, 2.05) is 13.0 Å². The highest BCUT2D eigenvalue weighted by atomic mass is 32.2. The van der Waals surface area contributed by atoms with Crippen LogP contribution in [0.2, 0.25) is 0 Å². The molecule has 0 unspecified atom stereocenters. The van der Waals surface area contributed by atoms with Gasteiger partial charge in [-0.1, -0.05) is 13.3 Å². The van der Waals surface area contributed by atoms with Crippen LogP contribution < -0.4 is 11.0 Å². The Balaban J connectivity index is 1.93. The minimum atomic E-state index is -0.279. The molecule has 0 radical (unpaired) electrons. The van der Waals surface area contributed by atoms with E-state index in [-0.39, 0.29) is 17.4 Å². The molecule has 1 saturated heterocycles. The van der Waals surface area contributed by atoms with E-state index in [1.165, 1.54) is 0 Å². The minimum Gasteiger partial charge on any atom is -0.378 e. The monoisotopic (exact) mass is 313 g/mol. The van der Waals surface area contributed by atoms with E-state index >= 15 is 0 Å². The molecule has 0 aromatic carbocycles. The Morgan fingerprint density at radius 2 is 2.43 bits per heavy atom. The van der Waals surface area contributed by atoms with E-state index in [4.69, 9.17) is 9.47 Å². The molecule has 1 aliphatic heterocycles. The zero-order valence-electron chi connectivity index (χ0n) is 12.6. The Kier molecular flexibility index (Phi) is 6.53. The van der Waals surface area contributed by atoms with Crippen molar-refractivity contribution >= 4 is 17.6 Å². The van der Waals surface area contributed by atoms with Crippen LogP contribution in [0.25, 0.3) is 0 Å². The summed E-state index contributed by atoms with van der Waals surface area (Å²) in [7, 11) is 0. The molecule has 2 rings (SSSR count). The van der Waals surface area contributed by atoms with Crippen LogP contribution in [0.1, 0.15) is 32.9 Å². The summed E-state index contributed by atoms with van der Waals surface area (Å²) in [4.78, 5) is 16.1. The highest BCUT2D eigenvalue weighted by molar-refractivity contribution is 8.00. The zero-order chi connectivity index (χ0) is 15.1. The molecule has 1 aliphatic rings. The fourth-order valence-electron chi connectivity index (χ4n) is 2.01. The number of unbranched alkanes of at least 4 members (excludes halogenated alkanes) is 1. The summed E-state index contributed by atoms with van der Waals surface area (Å²) in [6.07, 6.45) is 3.66. The van der Waals surface area contributed by atoms with Gasteiger partial charge in [0.25, 0.3) is 0 Å². The first-order valence-electron chi connectivity index (χ1n) is 7.42. The highest BCUT2D eigenvalue weighted by Gasteiger charge is 2.28. The molecule has 1 aromatic rings. The second kappa shape index (κ2) is 8.41. The summed E-state index contributed by atoms with van der Waals surface area (Å²) in [6.45, 7) is 6.14. The number of hydrogen-bond acceptors (Lipinski definition) is 6. The average Bonchev–Trinajstić information content (AvgIpc) is 2.94. The van der Waals surface area contributed by atoms with Crippen LogP contribution in [0, 0.1) is 0 Å². The van der Waals surface area contributed by atoms with Crippen molar-refractivity contribution in [3.8, 4) is 0 Å². The molecule has 1 fully saturated rings. The Morgan fingerprint density at radius 3 is 3.14 bits per heavy atom. The third-order valence-corrected chi connectivity index (χ3v) is 4.26. The molecule has 0 saturated carbocycles. The number of nitrogens with zero attached hydrogens (tertiary/aromatic N) is 2.